The summed E-state index contributed by atoms with van der Waals surface area (Å²) in [6, 6.07) is -0.641. The van der Waals surface area contributed by atoms with Gasteiger partial charge in [-0.2, -0.15) is 0 Å². The summed E-state index contributed by atoms with van der Waals surface area (Å²) < 4.78 is 5.43. The summed E-state index contributed by atoms with van der Waals surface area (Å²) in [7, 11) is 0. The van der Waals surface area contributed by atoms with E-state index in [1.165, 1.54) is 167 Å². The summed E-state index contributed by atoms with van der Waals surface area (Å²) in [4.78, 5) is 24.4. The zero-order valence-electron chi connectivity index (χ0n) is 41.8. The van der Waals surface area contributed by atoms with Gasteiger partial charge in [0.1, 0.15) is 0 Å². The number of carbonyl (C=O) groups excluding carboxylic acids is 2. The van der Waals surface area contributed by atoms with Crippen LogP contribution in [0.3, 0.4) is 0 Å². The Kier molecular flexibility index (Phi) is 50.6. The van der Waals surface area contributed by atoms with E-state index in [9.17, 15) is 19.8 Å². The van der Waals surface area contributed by atoms with Gasteiger partial charge < -0.3 is 20.3 Å². The molecule has 2 atom stereocenters. The summed E-state index contributed by atoms with van der Waals surface area (Å²) in [5.74, 6) is -0.111. The summed E-state index contributed by atoms with van der Waals surface area (Å²) >= 11 is 0. The molecule has 0 fully saturated rings. The highest BCUT2D eigenvalue weighted by Crippen LogP contribution is 2.15. The number of carbonyl (C=O) groups is 2. The number of rotatable bonds is 50. The lowest BCUT2D eigenvalue weighted by molar-refractivity contribution is -0.143. The van der Waals surface area contributed by atoms with E-state index in [0.717, 1.165) is 83.5 Å². The van der Waals surface area contributed by atoms with Crippen molar-refractivity contribution in [1.82, 2.24) is 5.32 Å². The first kappa shape index (κ1) is 60.8. The van der Waals surface area contributed by atoms with Crippen LogP contribution in [0.1, 0.15) is 277 Å². The number of hydrogen-bond acceptors (Lipinski definition) is 5. The van der Waals surface area contributed by atoms with E-state index < -0.39 is 12.1 Å². The molecule has 0 radical (unpaired) electrons. The van der Waals surface area contributed by atoms with Crippen LogP contribution in [-0.4, -0.2) is 47.4 Å². The van der Waals surface area contributed by atoms with Crippen LogP contribution >= 0.6 is 0 Å². The first-order valence-corrected chi connectivity index (χ1v) is 27.4. The molecule has 0 bridgehead atoms. The lowest BCUT2D eigenvalue weighted by Crippen LogP contribution is -2.45. The fourth-order valence-electron chi connectivity index (χ4n) is 8.07. The Morgan fingerprint density at radius 1 is 0.444 bits per heavy atom. The average molecular weight is 884 g/mol. The van der Waals surface area contributed by atoms with E-state index >= 15 is 0 Å². The smallest absolute Gasteiger partial charge is 0.305 e. The summed E-state index contributed by atoms with van der Waals surface area (Å²) in [6.07, 6.45) is 65.5. The van der Waals surface area contributed by atoms with Gasteiger partial charge in [0.25, 0.3) is 0 Å². The Hall–Kier alpha value is -2.18. The van der Waals surface area contributed by atoms with Crippen molar-refractivity contribution in [2.75, 3.05) is 13.2 Å². The third kappa shape index (κ3) is 49.1. The number of hydrogen-bond donors (Lipinski definition) is 3. The van der Waals surface area contributed by atoms with Gasteiger partial charge in [0.15, 0.2) is 0 Å². The van der Waals surface area contributed by atoms with Crippen LogP contribution in [0.5, 0.6) is 0 Å². The normalized spacial score (nSPS) is 13.0. The molecule has 0 aliphatic heterocycles. The second kappa shape index (κ2) is 52.4. The molecule has 0 saturated heterocycles. The molecule has 0 heterocycles. The maximum Gasteiger partial charge on any atom is 0.305 e. The molecule has 6 nitrogen and oxygen atoms in total. The van der Waals surface area contributed by atoms with Crippen molar-refractivity contribution < 1.29 is 24.5 Å². The predicted octanol–water partition coefficient (Wildman–Crippen LogP) is 16.6. The van der Waals surface area contributed by atoms with Crippen molar-refractivity contribution in [2.24, 2.45) is 0 Å². The van der Waals surface area contributed by atoms with Gasteiger partial charge in [0.2, 0.25) is 5.91 Å². The predicted molar refractivity (Wildman–Crippen MR) is 273 cm³/mol. The quantitative estimate of drug-likeness (QED) is 0.0321. The Balaban J connectivity index is 3.55. The molecule has 3 N–H and O–H groups in total. The topological polar surface area (TPSA) is 95.9 Å². The lowest BCUT2D eigenvalue weighted by atomic mass is 10.0. The average Bonchev–Trinajstić information content (AvgIpc) is 3.28. The maximum absolute atomic E-state index is 12.4. The van der Waals surface area contributed by atoms with Crippen molar-refractivity contribution in [3.05, 3.63) is 48.6 Å². The number of amides is 1. The standard InChI is InChI=1S/C57H105NO5/c1-3-5-7-9-11-13-15-17-18-22-26-29-33-37-41-45-49-55(60)54(53-59)58-56(61)50-46-42-38-34-30-27-23-20-19-21-24-28-32-36-40-44-48-52-63-57(62)51-47-43-39-35-31-25-16-14-12-10-8-6-4-2/h14,16,19,21,28,32,45,49,54-55,59-60H,3-13,15,17-18,20,22-27,29-31,33-44,46-48,50-53H2,1-2H3,(H,58,61)/b16-14-,21-19-,32-28-,49-45+. The van der Waals surface area contributed by atoms with Crippen LogP contribution in [0.2, 0.25) is 0 Å². The molecular formula is C57H105NO5. The molecule has 0 aliphatic carbocycles. The van der Waals surface area contributed by atoms with Gasteiger partial charge in [-0.1, -0.05) is 217 Å². The largest absolute Gasteiger partial charge is 0.466 e. The van der Waals surface area contributed by atoms with Crippen LogP contribution in [0.15, 0.2) is 48.6 Å². The number of allylic oxidation sites excluding steroid dienone is 7. The monoisotopic (exact) mass is 884 g/mol. The molecule has 63 heavy (non-hydrogen) atoms. The van der Waals surface area contributed by atoms with E-state index in [2.05, 4.69) is 55.6 Å². The van der Waals surface area contributed by atoms with Gasteiger partial charge in [-0.25, -0.2) is 0 Å². The highest BCUT2D eigenvalue weighted by atomic mass is 16.5. The van der Waals surface area contributed by atoms with E-state index in [-0.39, 0.29) is 18.5 Å². The SMILES string of the molecule is CCCCCC/C=C\CCCCCCCC(=O)OCCCCC/C=C\C/C=C\CCCCCCCCCC(=O)NC(CO)C(O)/C=C/CCCCCCCCCCCCCCCC. The molecule has 0 aliphatic rings. The molecule has 6 heteroatoms. The summed E-state index contributed by atoms with van der Waals surface area (Å²) in [5, 5.41) is 23.1. The number of aliphatic hydroxyl groups excluding tert-OH is 2. The third-order valence-corrected chi connectivity index (χ3v) is 12.3. The fraction of sp³-hybridized carbons (Fsp3) is 0.825. The molecule has 1 amide bonds. The van der Waals surface area contributed by atoms with E-state index in [4.69, 9.17) is 4.74 Å². The minimum Gasteiger partial charge on any atom is -0.466 e. The molecule has 0 rings (SSSR count). The molecule has 0 aromatic carbocycles. The van der Waals surface area contributed by atoms with Gasteiger partial charge in [-0.3, -0.25) is 9.59 Å². The molecule has 0 saturated carbocycles. The van der Waals surface area contributed by atoms with Crippen LogP contribution in [-0.2, 0) is 14.3 Å². The van der Waals surface area contributed by atoms with Crippen molar-refractivity contribution in [2.45, 2.75) is 289 Å². The minimum atomic E-state index is -0.856. The van der Waals surface area contributed by atoms with Crippen LogP contribution in [0, 0.1) is 0 Å². The molecular weight excluding hydrogens is 779 g/mol. The van der Waals surface area contributed by atoms with Gasteiger partial charge in [0, 0.05) is 12.8 Å². The Labute approximate surface area is 391 Å². The first-order valence-electron chi connectivity index (χ1n) is 27.4. The fourth-order valence-corrected chi connectivity index (χ4v) is 8.07. The lowest BCUT2D eigenvalue weighted by Gasteiger charge is -2.20. The molecule has 2 unspecified atom stereocenters. The Morgan fingerprint density at radius 2 is 0.794 bits per heavy atom. The Bertz CT molecular complexity index is 1070. The zero-order valence-corrected chi connectivity index (χ0v) is 41.8. The van der Waals surface area contributed by atoms with E-state index in [1.54, 1.807) is 6.08 Å². The van der Waals surface area contributed by atoms with Gasteiger partial charge in [0.05, 0.1) is 25.4 Å². The molecule has 0 spiro atoms. The second-order valence-corrected chi connectivity index (χ2v) is 18.5. The second-order valence-electron chi connectivity index (χ2n) is 18.5. The van der Waals surface area contributed by atoms with Crippen molar-refractivity contribution in [3.8, 4) is 0 Å². The first-order chi connectivity index (χ1) is 31.0. The van der Waals surface area contributed by atoms with Crippen molar-refractivity contribution >= 4 is 11.9 Å². The number of esters is 1. The van der Waals surface area contributed by atoms with Crippen LogP contribution in [0.4, 0.5) is 0 Å². The molecule has 0 aromatic rings. The number of aliphatic hydroxyl groups is 2. The molecule has 0 aromatic heterocycles. The third-order valence-electron chi connectivity index (χ3n) is 12.3. The van der Waals surface area contributed by atoms with Gasteiger partial charge >= 0.3 is 5.97 Å². The highest BCUT2D eigenvalue weighted by Gasteiger charge is 2.18. The van der Waals surface area contributed by atoms with Gasteiger partial charge in [-0.15, -0.1) is 0 Å². The van der Waals surface area contributed by atoms with Crippen LogP contribution in [0.25, 0.3) is 0 Å². The minimum absolute atomic E-state index is 0.0263. The number of nitrogens with one attached hydrogen (secondary N) is 1. The number of unbranched alkanes of at least 4 members (excludes halogenated alkanes) is 33. The van der Waals surface area contributed by atoms with Gasteiger partial charge in [-0.05, 0) is 96.3 Å². The van der Waals surface area contributed by atoms with E-state index in [1.807, 2.05) is 6.08 Å². The van der Waals surface area contributed by atoms with Crippen molar-refractivity contribution in [1.29, 1.82) is 0 Å². The number of ether oxygens (including phenoxy) is 1. The summed E-state index contributed by atoms with van der Waals surface area (Å²) in [5.41, 5.74) is 0. The highest BCUT2D eigenvalue weighted by molar-refractivity contribution is 5.76. The van der Waals surface area contributed by atoms with E-state index in [0.29, 0.717) is 19.4 Å². The Morgan fingerprint density at radius 3 is 1.24 bits per heavy atom. The van der Waals surface area contributed by atoms with Crippen molar-refractivity contribution in [3.63, 3.8) is 0 Å². The van der Waals surface area contributed by atoms with Crippen LogP contribution < -0.4 is 5.32 Å². The zero-order chi connectivity index (χ0) is 45.8. The maximum atomic E-state index is 12.4. The molecule has 368 valence electrons. The summed E-state index contributed by atoms with van der Waals surface area (Å²) in [6.45, 7) is 4.83.